The van der Waals surface area contributed by atoms with Crippen molar-refractivity contribution in [2.75, 3.05) is 5.32 Å². The molecule has 3 aromatic rings. The number of benzene rings is 2. The first-order valence-electron chi connectivity index (χ1n) is 10.3. The highest BCUT2D eigenvalue weighted by Gasteiger charge is 2.39. The van der Waals surface area contributed by atoms with Crippen molar-refractivity contribution in [3.63, 3.8) is 0 Å². The van der Waals surface area contributed by atoms with Gasteiger partial charge in [-0.25, -0.2) is 13.8 Å². The Labute approximate surface area is 194 Å². The monoisotopic (exact) mass is 465 g/mol. The first-order valence-corrected chi connectivity index (χ1v) is 10.3. The second kappa shape index (κ2) is 8.62. The molecule has 34 heavy (non-hydrogen) atoms. The van der Waals surface area contributed by atoms with Crippen molar-refractivity contribution in [1.29, 1.82) is 0 Å². The summed E-state index contributed by atoms with van der Waals surface area (Å²) in [6.07, 6.45) is 2.73. The zero-order chi connectivity index (χ0) is 24.6. The molecule has 8 nitrogen and oxygen atoms in total. The van der Waals surface area contributed by atoms with E-state index in [0.29, 0.717) is 17.2 Å². The van der Waals surface area contributed by atoms with Gasteiger partial charge in [0.05, 0.1) is 18.1 Å². The highest BCUT2D eigenvalue weighted by molar-refractivity contribution is 6.04. The number of aromatic nitrogens is 2. The van der Waals surface area contributed by atoms with Crippen molar-refractivity contribution >= 4 is 23.5 Å². The van der Waals surface area contributed by atoms with Gasteiger partial charge in [-0.1, -0.05) is 12.1 Å². The topological polar surface area (TPSA) is 96.8 Å². The van der Waals surface area contributed by atoms with E-state index in [0.717, 1.165) is 23.3 Å². The summed E-state index contributed by atoms with van der Waals surface area (Å²) in [6.45, 7) is 6.78. The van der Waals surface area contributed by atoms with Crippen LogP contribution >= 0.6 is 0 Å². The number of nitrogens with zero attached hydrogens (tertiary/aromatic N) is 4. The Morgan fingerprint density at radius 3 is 2.35 bits per heavy atom. The lowest BCUT2D eigenvalue weighted by atomic mass is 10.0. The van der Waals surface area contributed by atoms with E-state index in [4.69, 9.17) is 4.74 Å². The number of aryl methyl sites for hydroxylation is 1. The highest BCUT2D eigenvalue weighted by Crippen LogP contribution is 2.29. The van der Waals surface area contributed by atoms with Crippen molar-refractivity contribution in [3.05, 3.63) is 77.1 Å². The van der Waals surface area contributed by atoms with Crippen molar-refractivity contribution in [1.82, 2.24) is 15.0 Å². The number of ether oxygens (including phenoxy) is 1. The lowest BCUT2D eigenvalue weighted by Gasteiger charge is -2.25. The quantitative estimate of drug-likeness (QED) is 0.621. The number of amides is 2. The van der Waals surface area contributed by atoms with Crippen LogP contribution in [0.3, 0.4) is 0 Å². The number of rotatable bonds is 4. The van der Waals surface area contributed by atoms with E-state index in [1.54, 1.807) is 13.8 Å². The molecular weight excluding hydrogens is 444 g/mol. The minimum atomic E-state index is -0.974. The van der Waals surface area contributed by atoms with Gasteiger partial charge in [-0.15, -0.1) is 5.10 Å². The third kappa shape index (κ3) is 4.34. The van der Waals surface area contributed by atoms with Gasteiger partial charge in [-0.3, -0.25) is 14.6 Å². The maximum atomic E-state index is 13.8. The summed E-state index contributed by atoms with van der Waals surface area (Å²) in [5.41, 5.74) is 1.15. The van der Waals surface area contributed by atoms with Gasteiger partial charge in [-0.05, 0) is 50.6 Å². The summed E-state index contributed by atoms with van der Waals surface area (Å²) in [6, 6.07) is 8.66. The molecule has 10 heteroatoms. The number of carbonyl (C=O) groups excluding carboxylic acids is 2. The second-order valence-electron chi connectivity index (χ2n) is 8.15. The maximum absolute atomic E-state index is 13.8. The van der Waals surface area contributed by atoms with Gasteiger partial charge < -0.3 is 10.1 Å². The molecule has 1 N–H and O–H groups in total. The largest absolute Gasteiger partial charge is 0.448 e. The number of anilines is 1. The van der Waals surface area contributed by atoms with E-state index in [1.807, 2.05) is 25.1 Å². The first-order chi connectivity index (χ1) is 16.1. The molecule has 2 heterocycles. The van der Waals surface area contributed by atoms with Gasteiger partial charge in [0.25, 0.3) is 5.91 Å². The molecule has 2 aromatic carbocycles. The van der Waals surface area contributed by atoms with Gasteiger partial charge in [0.2, 0.25) is 17.5 Å². The van der Waals surface area contributed by atoms with E-state index in [-0.39, 0.29) is 11.7 Å². The van der Waals surface area contributed by atoms with E-state index in [9.17, 15) is 18.4 Å². The average molecular weight is 465 g/mol. The molecule has 1 aliphatic heterocycles. The fourth-order valence-corrected chi connectivity index (χ4v) is 3.53. The van der Waals surface area contributed by atoms with Crippen LogP contribution in [0.25, 0.3) is 11.3 Å². The highest BCUT2D eigenvalue weighted by atomic mass is 19.1. The summed E-state index contributed by atoms with van der Waals surface area (Å²) in [7, 11) is 0. The zero-order valence-electron chi connectivity index (χ0n) is 18.9. The molecule has 2 amide bonds. The van der Waals surface area contributed by atoms with Crippen LogP contribution in [0.2, 0.25) is 0 Å². The van der Waals surface area contributed by atoms with Crippen molar-refractivity contribution < 1.29 is 23.1 Å². The maximum Gasteiger partial charge on any atom is 0.262 e. The number of hydrogen-bond donors (Lipinski definition) is 1. The number of hydrogen-bond acceptors (Lipinski definition) is 6. The lowest BCUT2D eigenvalue weighted by Crippen LogP contribution is -2.41. The number of halogens is 2. The van der Waals surface area contributed by atoms with Crippen LogP contribution in [0.4, 0.5) is 14.6 Å². The minimum Gasteiger partial charge on any atom is -0.448 e. The van der Waals surface area contributed by atoms with Gasteiger partial charge in [0.1, 0.15) is 17.2 Å². The molecule has 1 aliphatic rings. The molecule has 0 saturated heterocycles. The number of nitrogens with one attached hydrogen (secondary N) is 1. The third-order valence-electron chi connectivity index (χ3n) is 5.19. The van der Waals surface area contributed by atoms with Gasteiger partial charge in [-0.2, -0.15) is 5.01 Å². The molecule has 0 aliphatic carbocycles. The summed E-state index contributed by atoms with van der Waals surface area (Å²) in [4.78, 5) is 32.6. The summed E-state index contributed by atoms with van der Waals surface area (Å²) in [5, 5.41) is 7.92. The number of hydrazone groups is 1. The summed E-state index contributed by atoms with van der Waals surface area (Å²) < 4.78 is 33.5. The normalized spacial score (nSPS) is 14.4. The van der Waals surface area contributed by atoms with Crippen LogP contribution in [0.1, 0.15) is 42.3 Å². The Hall–Kier alpha value is -4.21. The lowest BCUT2D eigenvalue weighted by molar-refractivity contribution is -0.142. The van der Waals surface area contributed by atoms with Crippen molar-refractivity contribution in [2.45, 2.75) is 33.4 Å². The summed E-state index contributed by atoms with van der Waals surface area (Å²) >= 11 is 0. The fraction of sp³-hybridized carbons (Fsp3) is 0.208. The number of carbonyl (C=O) groups is 2. The predicted molar refractivity (Wildman–Crippen MR) is 121 cm³/mol. The van der Waals surface area contributed by atoms with Crippen LogP contribution in [0.15, 0.2) is 53.9 Å². The molecule has 0 atom stereocenters. The second-order valence-corrected chi connectivity index (χ2v) is 8.15. The molecule has 0 saturated carbocycles. The van der Waals surface area contributed by atoms with Crippen molar-refractivity contribution in [3.8, 4) is 11.3 Å². The van der Waals surface area contributed by atoms with E-state index in [2.05, 4.69) is 20.4 Å². The third-order valence-corrected chi connectivity index (χ3v) is 5.19. The summed E-state index contributed by atoms with van der Waals surface area (Å²) in [5.74, 6) is -2.83. The van der Waals surface area contributed by atoms with Crippen LogP contribution in [-0.4, -0.2) is 38.4 Å². The molecule has 0 radical (unpaired) electrons. The SMILES string of the molecule is CC(=O)N1N=C(c2ccc(C)c(-c3cnc(NC(=O)c4c(F)cccc4F)cn3)c2)OC1(C)C. The van der Waals surface area contributed by atoms with Crippen molar-refractivity contribution in [2.24, 2.45) is 5.10 Å². The van der Waals surface area contributed by atoms with E-state index >= 15 is 0 Å². The molecule has 174 valence electrons. The van der Waals surface area contributed by atoms with Gasteiger partial charge in [0.15, 0.2) is 5.82 Å². The predicted octanol–water partition coefficient (Wildman–Crippen LogP) is 4.26. The van der Waals surface area contributed by atoms with Crippen LogP contribution in [0.5, 0.6) is 0 Å². The van der Waals surface area contributed by atoms with Crippen LogP contribution in [0, 0.1) is 18.6 Å². The Morgan fingerprint density at radius 1 is 1.06 bits per heavy atom. The minimum absolute atomic E-state index is 0.0348. The zero-order valence-corrected chi connectivity index (χ0v) is 18.9. The molecule has 0 unspecified atom stereocenters. The smallest absolute Gasteiger partial charge is 0.262 e. The van der Waals surface area contributed by atoms with E-state index in [1.165, 1.54) is 30.4 Å². The Morgan fingerprint density at radius 2 is 1.76 bits per heavy atom. The Bertz CT molecular complexity index is 1300. The van der Waals surface area contributed by atoms with Crippen LogP contribution < -0.4 is 5.32 Å². The first kappa shape index (κ1) is 23.0. The molecule has 0 spiro atoms. The molecule has 4 rings (SSSR count). The molecular formula is C24H21F2N5O3. The Kier molecular flexibility index (Phi) is 5.82. The Balaban J connectivity index is 1.58. The van der Waals surface area contributed by atoms with Gasteiger partial charge >= 0.3 is 0 Å². The standard InChI is InChI=1S/C24H21F2N5O3/c1-13-8-9-15(23-30-31(14(2)32)24(3,4)34-23)10-16(13)19-11-28-20(12-27-19)29-22(33)21-17(25)6-5-7-18(21)26/h5-12H,1-4H3,(H,28,29,33). The fourth-order valence-electron chi connectivity index (χ4n) is 3.53. The molecule has 1 aromatic heterocycles. The molecule has 0 bridgehead atoms. The van der Waals surface area contributed by atoms with E-state index < -0.39 is 28.8 Å². The van der Waals surface area contributed by atoms with Crippen LogP contribution in [-0.2, 0) is 9.53 Å². The van der Waals surface area contributed by atoms with Gasteiger partial charge in [0, 0.05) is 18.1 Å². The molecule has 0 fully saturated rings. The average Bonchev–Trinajstić information content (AvgIpc) is 3.10.